The van der Waals surface area contributed by atoms with Crippen LogP contribution in [-0.4, -0.2) is 48.1 Å². The van der Waals surface area contributed by atoms with Gasteiger partial charge >= 0.3 is 0 Å². The molecule has 1 N–H and O–H groups in total. The van der Waals surface area contributed by atoms with Gasteiger partial charge in [-0.3, -0.25) is 4.90 Å². The predicted octanol–water partition coefficient (Wildman–Crippen LogP) is 2.90. The molecule has 0 amide bonds. The van der Waals surface area contributed by atoms with E-state index in [2.05, 4.69) is 20.2 Å². The fourth-order valence-corrected chi connectivity index (χ4v) is 3.08. The van der Waals surface area contributed by atoms with Crippen molar-refractivity contribution in [2.45, 2.75) is 25.4 Å². The summed E-state index contributed by atoms with van der Waals surface area (Å²) < 4.78 is 27.2. The van der Waals surface area contributed by atoms with Crippen LogP contribution < -0.4 is 10.2 Å². The molecule has 1 unspecified atom stereocenters. The smallest absolute Gasteiger partial charge is 0.226 e. The number of piperidine rings is 1. The number of rotatable bonds is 5. The van der Waals surface area contributed by atoms with Gasteiger partial charge in [-0.05, 0) is 43.7 Å². The van der Waals surface area contributed by atoms with E-state index in [-0.39, 0.29) is 11.9 Å². The van der Waals surface area contributed by atoms with Gasteiger partial charge in [-0.1, -0.05) is 0 Å². The molecule has 1 aliphatic rings. The summed E-state index contributed by atoms with van der Waals surface area (Å²) in [6, 6.07) is 5.68. The molecule has 7 heteroatoms. The van der Waals surface area contributed by atoms with Crippen molar-refractivity contribution >= 4 is 11.8 Å². The average molecular weight is 347 g/mol. The van der Waals surface area contributed by atoms with Crippen LogP contribution >= 0.6 is 0 Å². The van der Waals surface area contributed by atoms with Gasteiger partial charge in [-0.2, -0.15) is 4.98 Å². The van der Waals surface area contributed by atoms with E-state index in [0.29, 0.717) is 18.1 Å². The van der Waals surface area contributed by atoms with E-state index in [4.69, 9.17) is 0 Å². The van der Waals surface area contributed by atoms with E-state index in [1.54, 1.807) is 6.20 Å². The molecular formula is C18H23F2N5. The lowest BCUT2D eigenvalue weighted by Gasteiger charge is -2.33. The van der Waals surface area contributed by atoms with Crippen LogP contribution in [0.1, 0.15) is 18.4 Å². The Morgan fingerprint density at radius 1 is 1.28 bits per heavy atom. The van der Waals surface area contributed by atoms with Crippen molar-refractivity contribution in [3.8, 4) is 0 Å². The molecule has 1 aliphatic heterocycles. The van der Waals surface area contributed by atoms with Gasteiger partial charge < -0.3 is 10.2 Å². The van der Waals surface area contributed by atoms with Gasteiger partial charge in [0, 0.05) is 45.0 Å². The fourth-order valence-electron chi connectivity index (χ4n) is 3.08. The Kier molecular flexibility index (Phi) is 5.43. The number of likely N-dealkylation sites (tertiary alicyclic amines) is 1. The zero-order valence-corrected chi connectivity index (χ0v) is 14.5. The summed E-state index contributed by atoms with van der Waals surface area (Å²) >= 11 is 0. The third-order valence-electron chi connectivity index (χ3n) is 4.30. The molecule has 0 radical (unpaired) electrons. The molecule has 0 bridgehead atoms. The topological polar surface area (TPSA) is 44.3 Å². The summed E-state index contributed by atoms with van der Waals surface area (Å²) in [7, 11) is 3.80. The SMILES string of the molecule is CN(C)c1nccc(NC2CCCN(Cc3cc(F)ccc3F)C2)n1. The summed E-state index contributed by atoms with van der Waals surface area (Å²) in [4.78, 5) is 12.7. The first-order valence-electron chi connectivity index (χ1n) is 8.44. The van der Waals surface area contributed by atoms with Crippen molar-refractivity contribution in [3.63, 3.8) is 0 Å². The number of hydrogen-bond donors (Lipinski definition) is 1. The van der Waals surface area contributed by atoms with Gasteiger partial charge in [-0.15, -0.1) is 0 Å². The predicted molar refractivity (Wildman–Crippen MR) is 94.6 cm³/mol. The maximum absolute atomic E-state index is 13.9. The summed E-state index contributed by atoms with van der Waals surface area (Å²) in [5.41, 5.74) is 0.401. The van der Waals surface area contributed by atoms with Crippen molar-refractivity contribution in [2.24, 2.45) is 0 Å². The highest BCUT2D eigenvalue weighted by molar-refractivity contribution is 5.41. The lowest BCUT2D eigenvalue weighted by molar-refractivity contribution is 0.206. The third kappa shape index (κ3) is 4.63. The Morgan fingerprint density at radius 2 is 2.12 bits per heavy atom. The van der Waals surface area contributed by atoms with Crippen molar-refractivity contribution in [1.29, 1.82) is 0 Å². The molecule has 1 fully saturated rings. The molecule has 0 saturated carbocycles. The maximum atomic E-state index is 13.9. The van der Waals surface area contributed by atoms with E-state index in [1.807, 2.05) is 25.1 Å². The average Bonchev–Trinajstić information content (AvgIpc) is 2.59. The second-order valence-corrected chi connectivity index (χ2v) is 6.59. The highest BCUT2D eigenvalue weighted by atomic mass is 19.1. The number of anilines is 2. The Bertz CT molecular complexity index is 722. The Morgan fingerprint density at radius 3 is 2.92 bits per heavy atom. The number of hydrogen-bond acceptors (Lipinski definition) is 5. The summed E-state index contributed by atoms with van der Waals surface area (Å²) in [5, 5.41) is 3.43. The van der Waals surface area contributed by atoms with E-state index < -0.39 is 5.82 Å². The number of benzene rings is 1. The maximum Gasteiger partial charge on any atom is 0.226 e. The molecule has 2 aromatic rings. The van der Waals surface area contributed by atoms with Crippen molar-refractivity contribution in [1.82, 2.24) is 14.9 Å². The third-order valence-corrected chi connectivity index (χ3v) is 4.30. The lowest BCUT2D eigenvalue weighted by Crippen LogP contribution is -2.41. The molecule has 0 aliphatic carbocycles. The monoisotopic (exact) mass is 347 g/mol. The van der Waals surface area contributed by atoms with Gasteiger partial charge in [0.1, 0.15) is 17.5 Å². The minimum absolute atomic E-state index is 0.218. The van der Waals surface area contributed by atoms with E-state index in [1.165, 1.54) is 12.1 Å². The van der Waals surface area contributed by atoms with Crippen molar-refractivity contribution in [2.75, 3.05) is 37.4 Å². The molecule has 1 saturated heterocycles. The minimum Gasteiger partial charge on any atom is -0.366 e. The molecule has 3 rings (SSSR count). The molecule has 1 aromatic heterocycles. The fraction of sp³-hybridized carbons (Fsp3) is 0.444. The zero-order valence-electron chi connectivity index (χ0n) is 14.5. The van der Waals surface area contributed by atoms with Crippen LogP contribution in [0.4, 0.5) is 20.5 Å². The molecule has 1 aromatic carbocycles. The standard InChI is InChI=1S/C18H23F2N5/c1-24(2)18-21-8-7-17(23-18)22-15-4-3-9-25(12-15)11-13-10-14(19)5-6-16(13)20/h5-8,10,15H,3-4,9,11-12H2,1-2H3,(H,21,22,23). The Balaban J connectivity index is 1.63. The van der Waals surface area contributed by atoms with Crippen LogP contribution in [-0.2, 0) is 6.54 Å². The molecule has 5 nitrogen and oxygen atoms in total. The molecule has 134 valence electrons. The first-order chi connectivity index (χ1) is 12.0. The largest absolute Gasteiger partial charge is 0.366 e. The van der Waals surface area contributed by atoms with Crippen molar-refractivity contribution < 1.29 is 8.78 Å². The molecular weight excluding hydrogens is 324 g/mol. The summed E-state index contributed by atoms with van der Waals surface area (Å²) in [5.74, 6) is 0.671. The highest BCUT2D eigenvalue weighted by Crippen LogP contribution is 2.19. The van der Waals surface area contributed by atoms with Crippen molar-refractivity contribution in [3.05, 3.63) is 47.7 Å². The first kappa shape index (κ1) is 17.5. The van der Waals surface area contributed by atoms with Gasteiger partial charge in [0.25, 0.3) is 0 Å². The minimum atomic E-state index is -0.403. The molecule has 25 heavy (non-hydrogen) atoms. The van der Waals surface area contributed by atoms with E-state index >= 15 is 0 Å². The van der Waals surface area contributed by atoms with Crippen LogP contribution in [0.25, 0.3) is 0 Å². The Labute approximate surface area is 146 Å². The van der Waals surface area contributed by atoms with Gasteiger partial charge in [0.05, 0.1) is 0 Å². The lowest BCUT2D eigenvalue weighted by atomic mass is 10.0. The van der Waals surface area contributed by atoms with Gasteiger partial charge in [0.15, 0.2) is 0 Å². The zero-order chi connectivity index (χ0) is 17.8. The Hall–Kier alpha value is -2.28. The van der Waals surface area contributed by atoms with Crippen LogP contribution in [0, 0.1) is 11.6 Å². The van der Waals surface area contributed by atoms with Crippen LogP contribution in [0.2, 0.25) is 0 Å². The number of nitrogens with one attached hydrogen (secondary N) is 1. The summed E-state index contributed by atoms with van der Waals surface area (Å²) in [6.45, 7) is 2.05. The van der Waals surface area contributed by atoms with Gasteiger partial charge in [-0.25, -0.2) is 13.8 Å². The molecule has 1 atom stereocenters. The van der Waals surface area contributed by atoms with Crippen LogP contribution in [0.3, 0.4) is 0 Å². The quantitative estimate of drug-likeness (QED) is 0.901. The number of nitrogens with zero attached hydrogens (tertiary/aromatic N) is 4. The van der Waals surface area contributed by atoms with E-state index in [0.717, 1.165) is 37.8 Å². The van der Waals surface area contributed by atoms with Crippen LogP contribution in [0.5, 0.6) is 0 Å². The summed E-state index contributed by atoms with van der Waals surface area (Å²) in [6.07, 6.45) is 3.75. The van der Waals surface area contributed by atoms with E-state index in [9.17, 15) is 8.78 Å². The second kappa shape index (κ2) is 7.74. The number of aromatic nitrogens is 2. The normalized spacial score (nSPS) is 18.2. The van der Waals surface area contributed by atoms with Gasteiger partial charge in [0.2, 0.25) is 5.95 Å². The number of halogens is 2. The second-order valence-electron chi connectivity index (χ2n) is 6.59. The molecule has 0 spiro atoms. The first-order valence-corrected chi connectivity index (χ1v) is 8.44. The molecule has 2 heterocycles. The highest BCUT2D eigenvalue weighted by Gasteiger charge is 2.21. The van der Waals surface area contributed by atoms with Crippen LogP contribution in [0.15, 0.2) is 30.5 Å².